The lowest BCUT2D eigenvalue weighted by atomic mass is 10.1. The van der Waals surface area contributed by atoms with E-state index in [1.165, 1.54) is 6.92 Å². The molecular formula is C12H17F2N3O4. The molecule has 2 heterocycles. The first-order chi connectivity index (χ1) is 9.70. The van der Waals surface area contributed by atoms with Crippen molar-refractivity contribution in [2.75, 3.05) is 5.73 Å². The molecule has 4 N–H and O–H groups in total. The summed E-state index contributed by atoms with van der Waals surface area (Å²) in [5.41, 5.74) is 4.93. The minimum absolute atomic E-state index is 0.0345. The van der Waals surface area contributed by atoms with Crippen molar-refractivity contribution < 1.29 is 23.7 Å². The molecule has 1 fully saturated rings. The first-order valence-electron chi connectivity index (χ1n) is 6.47. The summed E-state index contributed by atoms with van der Waals surface area (Å²) in [6.07, 6.45) is -5.56. The van der Waals surface area contributed by atoms with Crippen molar-refractivity contribution >= 4 is 5.82 Å². The molecule has 0 aliphatic carbocycles. The van der Waals surface area contributed by atoms with Gasteiger partial charge in [0.15, 0.2) is 6.10 Å². The molecule has 0 spiro atoms. The second-order valence-electron chi connectivity index (χ2n) is 5.01. The van der Waals surface area contributed by atoms with Crippen molar-refractivity contribution in [1.29, 1.82) is 0 Å². The Labute approximate surface area is 119 Å². The molecule has 4 atom stereocenters. The summed E-state index contributed by atoms with van der Waals surface area (Å²) in [5.74, 6) is -3.78. The minimum atomic E-state index is -3.74. The maximum Gasteiger partial charge on any atom is 0.351 e. The summed E-state index contributed by atoms with van der Waals surface area (Å²) in [7, 11) is 0. The highest BCUT2D eigenvalue weighted by molar-refractivity contribution is 5.36. The summed E-state index contributed by atoms with van der Waals surface area (Å²) in [5, 5.41) is 19.0. The molecule has 0 aromatic carbocycles. The number of aryl methyl sites for hydroxylation is 1. The number of anilines is 1. The van der Waals surface area contributed by atoms with Crippen LogP contribution in [0, 0.1) is 0 Å². The smallest absolute Gasteiger partial charge is 0.351 e. The van der Waals surface area contributed by atoms with Crippen LogP contribution in [-0.2, 0) is 11.2 Å². The zero-order valence-electron chi connectivity index (χ0n) is 11.5. The number of alkyl halides is 2. The van der Waals surface area contributed by atoms with Crippen LogP contribution in [0.3, 0.4) is 0 Å². The number of halogens is 2. The van der Waals surface area contributed by atoms with Gasteiger partial charge in [0.25, 0.3) is 0 Å². The minimum Gasteiger partial charge on any atom is -0.391 e. The molecule has 0 amide bonds. The van der Waals surface area contributed by atoms with Crippen LogP contribution < -0.4 is 11.4 Å². The molecule has 0 radical (unpaired) electrons. The van der Waals surface area contributed by atoms with Crippen molar-refractivity contribution in [2.24, 2.45) is 0 Å². The fourth-order valence-corrected chi connectivity index (χ4v) is 2.27. The van der Waals surface area contributed by atoms with E-state index in [1.807, 2.05) is 0 Å². The fraction of sp³-hybridized carbons (Fsp3) is 0.667. The summed E-state index contributed by atoms with van der Waals surface area (Å²) in [6, 6.07) is 0. The van der Waals surface area contributed by atoms with Gasteiger partial charge in [-0.25, -0.2) is 4.79 Å². The van der Waals surface area contributed by atoms with Gasteiger partial charge in [-0.05, 0) is 13.3 Å². The Hall–Kier alpha value is -1.58. The average molecular weight is 305 g/mol. The lowest BCUT2D eigenvalue weighted by Crippen LogP contribution is -2.43. The van der Waals surface area contributed by atoms with Crippen molar-refractivity contribution in [3.05, 3.63) is 22.2 Å². The maximum atomic E-state index is 14.1. The van der Waals surface area contributed by atoms with Crippen LogP contribution in [0.4, 0.5) is 14.6 Å². The number of aliphatic hydroxyl groups is 2. The van der Waals surface area contributed by atoms with Gasteiger partial charge in [-0.2, -0.15) is 13.8 Å². The highest BCUT2D eigenvalue weighted by atomic mass is 19.3. The van der Waals surface area contributed by atoms with Crippen LogP contribution in [0.25, 0.3) is 0 Å². The van der Waals surface area contributed by atoms with Crippen molar-refractivity contribution in [3.63, 3.8) is 0 Å². The molecule has 1 saturated heterocycles. The quantitative estimate of drug-likeness (QED) is 0.705. The Morgan fingerprint density at radius 2 is 2.24 bits per heavy atom. The van der Waals surface area contributed by atoms with Gasteiger partial charge in [0.2, 0.25) is 6.23 Å². The SMILES string of the molecule is CCc1cn([C@@H]2O[C@H]([C@H](C)O)[C@@H](O)C2(F)F)c(=O)nc1N. The molecule has 0 saturated carbocycles. The maximum absolute atomic E-state index is 14.1. The number of hydrogen-bond donors (Lipinski definition) is 3. The van der Waals surface area contributed by atoms with E-state index in [0.717, 1.165) is 6.20 Å². The summed E-state index contributed by atoms with van der Waals surface area (Å²) < 4.78 is 33.8. The summed E-state index contributed by atoms with van der Waals surface area (Å²) in [4.78, 5) is 15.3. The van der Waals surface area contributed by atoms with Gasteiger partial charge in [0.05, 0.1) is 6.10 Å². The third-order valence-corrected chi connectivity index (χ3v) is 3.49. The standard InChI is InChI=1S/C12H17F2N3O4/c1-3-6-4-17(11(20)16-9(6)15)10-12(13,14)8(19)7(21-10)5(2)18/h4-5,7-8,10,18-19H,3H2,1-2H3,(H2,15,16,20)/t5-,7+,8+,10+/m0/s1. The monoisotopic (exact) mass is 305 g/mol. The highest BCUT2D eigenvalue weighted by Crippen LogP contribution is 2.43. The Kier molecular flexibility index (Phi) is 4.00. The fourth-order valence-electron chi connectivity index (χ4n) is 2.27. The number of nitrogens with two attached hydrogens (primary N) is 1. The Morgan fingerprint density at radius 1 is 1.62 bits per heavy atom. The highest BCUT2D eigenvalue weighted by Gasteiger charge is 2.60. The third kappa shape index (κ3) is 2.52. The van der Waals surface area contributed by atoms with Gasteiger partial charge in [-0.3, -0.25) is 4.57 Å². The zero-order chi connectivity index (χ0) is 15.9. The van der Waals surface area contributed by atoms with Crippen LogP contribution in [0.15, 0.2) is 11.0 Å². The number of hydrogen-bond acceptors (Lipinski definition) is 6. The first kappa shape index (κ1) is 15.8. The Balaban J connectivity index is 2.49. The second kappa shape index (κ2) is 5.32. The molecular weight excluding hydrogens is 288 g/mol. The molecule has 1 aliphatic heterocycles. The van der Waals surface area contributed by atoms with Crippen molar-refractivity contribution in [1.82, 2.24) is 9.55 Å². The largest absolute Gasteiger partial charge is 0.391 e. The van der Waals surface area contributed by atoms with Gasteiger partial charge in [0.1, 0.15) is 11.9 Å². The van der Waals surface area contributed by atoms with E-state index < -0.39 is 36.2 Å². The van der Waals surface area contributed by atoms with Gasteiger partial charge in [-0.1, -0.05) is 6.92 Å². The molecule has 118 valence electrons. The molecule has 2 rings (SSSR count). The third-order valence-electron chi connectivity index (χ3n) is 3.49. The van der Waals surface area contributed by atoms with Crippen LogP contribution in [0.2, 0.25) is 0 Å². The topological polar surface area (TPSA) is 111 Å². The van der Waals surface area contributed by atoms with E-state index in [2.05, 4.69) is 4.98 Å². The molecule has 1 aromatic heterocycles. The number of aliphatic hydroxyl groups excluding tert-OH is 2. The van der Waals surface area contributed by atoms with E-state index in [-0.39, 0.29) is 5.82 Å². The number of ether oxygens (including phenoxy) is 1. The van der Waals surface area contributed by atoms with Crippen LogP contribution in [0.5, 0.6) is 0 Å². The zero-order valence-corrected chi connectivity index (χ0v) is 11.5. The number of rotatable bonds is 3. The van der Waals surface area contributed by atoms with Crippen LogP contribution >= 0.6 is 0 Å². The molecule has 21 heavy (non-hydrogen) atoms. The molecule has 1 aliphatic rings. The normalized spacial score (nSPS) is 29.5. The Morgan fingerprint density at radius 3 is 2.71 bits per heavy atom. The van der Waals surface area contributed by atoms with Crippen molar-refractivity contribution in [2.45, 2.75) is 50.7 Å². The van der Waals surface area contributed by atoms with Gasteiger partial charge in [0, 0.05) is 11.8 Å². The average Bonchev–Trinajstić information content (AvgIpc) is 2.62. The summed E-state index contributed by atoms with van der Waals surface area (Å²) in [6.45, 7) is 2.94. The molecule has 1 aromatic rings. The lowest BCUT2D eigenvalue weighted by Gasteiger charge is -2.21. The Bertz CT molecular complexity index is 590. The molecule has 0 unspecified atom stereocenters. The lowest BCUT2D eigenvalue weighted by molar-refractivity contribution is -0.141. The first-order valence-corrected chi connectivity index (χ1v) is 6.47. The van der Waals surface area contributed by atoms with Crippen LogP contribution in [0.1, 0.15) is 25.6 Å². The number of nitrogens with zero attached hydrogens (tertiary/aromatic N) is 2. The summed E-state index contributed by atoms with van der Waals surface area (Å²) >= 11 is 0. The van der Waals surface area contributed by atoms with E-state index in [9.17, 15) is 23.8 Å². The second-order valence-corrected chi connectivity index (χ2v) is 5.01. The van der Waals surface area contributed by atoms with E-state index >= 15 is 0 Å². The van der Waals surface area contributed by atoms with Gasteiger partial charge < -0.3 is 20.7 Å². The van der Waals surface area contributed by atoms with E-state index in [1.54, 1.807) is 6.92 Å². The van der Waals surface area contributed by atoms with Crippen molar-refractivity contribution in [3.8, 4) is 0 Å². The van der Waals surface area contributed by atoms with Crippen LogP contribution in [-0.4, -0.2) is 44.0 Å². The number of aromatic nitrogens is 2. The number of nitrogen functional groups attached to an aromatic ring is 1. The molecule has 0 bridgehead atoms. The van der Waals surface area contributed by atoms with Gasteiger partial charge >= 0.3 is 11.6 Å². The van der Waals surface area contributed by atoms with E-state index in [4.69, 9.17) is 10.5 Å². The predicted octanol–water partition coefficient (Wildman–Crippen LogP) is -0.338. The predicted molar refractivity (Wildman–Crippen MR) is 68.8 cm³/mol. The molecule has 9 heteroatoms. The molecule has 7 nitrogen and oxygen atoms in total. The van der Waals surface area contributed by atoms with E-state index in [0.29, 0.717) is 16.6 Å². The van der Waals surface area contributed by atoms with Gasteiger partial charge in [-0.15, -0.1) is 0 Å².